The molecule has 0 spiro atoms. The summed E-state index contributed by atoms with van der Waals surface area (Å²) in [5, 5.41) is 2.99. The summed E-state index contributed by atoms with van der Waals surface area (Å²) < 4.78 is 0. The molecular formula is C14H18N2OS. The second-order valence-electron chi connectivity index (χ2n) is 5.05. The molecule has 1 unspecified atom stereocenters. The van der Waals surface area contributed by atoms with Crippen molar-refractivity contribution in [3.8, 4) is 0 Å². The molecule has 0 bridgehead atoms. The van der Waals surface area contributed by atoms with Crippen LogP contribution in [0.1, 0.15) is 36.9 Å². The molecule has 2 rings (SSSR count). The highest BCUT2D eigenvalue weighted by molar-refractivity contribution is 7.80. The van der Waals surface area contributed by atoms with E-state index in [1.54, 1.807) is 0 Å². The zero-order valence-electron chi connectivity index (χ0n) is 10.7. The first kappa shape index (κ1) is 13.0. The summed E-state index contributed by atoms with van der Waals surface area (Å²) >= 11 is 4.97. The molecule has 18 heavy (non-hydrogen) atoms. The monoisotopic (exact) mass is 262 g/mol. The summed E-state index contributed by atoms with van der Waals surface area (Å²) in [7, 11) is 0. The molecule has 96 valence electrons. The molecule has 0 aliphatic heterocycles. The van der Waals surface area contributed by atoms with Crippen LogP contribution in [0.2, 0.25) is 0 Å². The van der Waals surface area contributed by atoms with Crippen LogP contribution in [0, 0.1) is 12.3 Å². The van der Waals surface area contributed by atoms with Gasteiger partial charge in [0, 0.05) is 0 Å². The number of nitrogens with two attached hydrogens (primary N) is 1. The molecule has 0 radical (unpaired) electrons. The number of hydrogen-bond acceptors (Lipinski definition) is 2. The number of carbonyl (C=O) groups excluding carboxylic acids is 1. The maximum atomic E-state index is 12.1. The first-order chi connectivity index (χ1) is 8.45. The third-order valence-electron chi connectivity index (χ3n) is 3.58. The Balaban J connectivity index is 2.04. The predicted molar refractivity (Wildman–Crippen MR) is 76.2 cm³/mol. The van der Waals surface area contributed by atoms with Crippen molar-refractivity contribution in [1.29, 1.82) is 0 Å². The quantitative estimate of drug-likeness (QED) is 0.818. The minimum atomic E-state index is -0.575. The van der Waals surface area contributed by atoms with Crippen molar-refractivity contribution in [3.05, 3.63) is 35.4 Å². The maximum Gasteiger partial charge on any atom is 0.233 e. The molecule has 1 aliphatic rings. The van der Waals surface area contributed by atoms with Crippen molar-refractivity contribution in [2.24, 2.45) is 11.1 Å². The van der Waals surface area contributed by atoms with E-state index in [0.717, 1.165) is 18.4 Å². The van der Waals surface area contributed by atoms with Crippen molar-refractivity contribution in [2.45, 2.75) is 32.7 Å². The summed E-state index contributed by atoms with van der Waals surface area (Å²) in [6.07, 6.45) is 1.55. The first-order valence-electron chi connectivity index (χ1n) is 6.13. The van der Waals surface area contributed by atoms with Crippen molar-refractivity contribution >= 4 is 23.1 Å². The molecule has 1 saturated carbocycles. The predicted octanol–water partition coefficient (Wildman–Crippen LogP) is 2.24. The lowest BCUT2D eigenvalue weighted by Crippen LogP contribution is -2.40. The van der Waals surface area contributed by atoms with Crippen molar-refractivity contribution in [1.82, 2.24) is 5.32 Å². The van der Waals surface area contributed by atoms with Gasteiger partial charge in [-0.25, -0.2) is 0 Å². The molecule has 1 amide bonds. The Kier molecular flexibility index (Phi) is 3.39. The number of nitrogens with one attached hydrogen (secondary N) is 1. The fraction of sp³-hybridized carbons (Fsp3) is 0.429. The Morgan fingerprint density at radius 1 is 1.39 bits per heavy atom. The lowest BCUT2D eigenvalue weighted by molar-refractivity contribution is -0.124. The van der Waals surface area contributed by atoms with Gasteiger partial charge in [0.2, 0.25) is 5.91 Å². The second kappa shape index (κ2) is 4.69. The van der Waals surface area contributed by atoms with Gasteiger partial charge in [0.15, 0.2) is 0 Å². The molecule has 1 aromatic carbocycles. The standard InChI is InChI=1S/C14H18N2OS/c1-9-3-5-11(6-4-9)10(2)16-13(17)14(7-8-14)12(15)18/h3-6,10H,7-8H2,1-2H3,(H2,15,18)(H,16,17). The molecule has 0 saturated heterocycles. The summed E-state index contributed by atoms with van der Waals surface area (Å²) in [4.78, 5) is 12.5. The van der Waals surface area contributed by atoms with Gasteiger partial charge in [0.05, 0.1) is 16.4 Å². The SMILES string of the molecule is Cc1ccc(C(C)NC(=O)C2(C(N)=S)CC2)cc1. The number of rotatable bonds is 4. The normalized spacial score (nSPS) is 17.9. The lowest BCUT2D eigenvalue weighted by atomic mass is 10.0. The number of benzene rings is 1. The Morgan fingerprint density at radius 2 is 1.94 bits per heavy atom. The molecule has 4 heteroatoms. The number of hydrogen-bond donors (Lipinski definition) is 2. The van der Waals surface area contributed by atoms with E-state index in [0.29, 0.717) is 4.99 Å². The molecule has 3 nitrogen and oxygen atoms in total. The molecule has 0 aromatic heterocycles. The first-order valence-corrected chi connectivity index (χ1v) is 6.54. The van der Waals surface area contributed by atoms with Crippen LogP contribution in [0.4, 0.5) is 0 Å². The largest absolute Gasteiger partial charge is 0.392 e. The summed E-state index contributed by atoms with van der Waals surface area (Å²) in [5.41, 5.74) is 7.36. The van der Waals surface area contributed by atoms with Crippen LogP contribution >= 0.6 is 12.2 Å². The Hall–Kier alpha value is -1.42. The van der Waals surface area contributed by atoms with Crippen LogP contribution in [0.25, 0.3) is 0 Å². The lowest BCUT2D eigenvalue weighted by Gasteiger charge is -2.19. The number of amides is 1. The number of aryl methyl sites for hydroxylation is 1. The smallest absolute Gasteiger partial charge is 0.233 e. The van der Waals surface area contributed by atoms with Crippen LogP contribution in [0.3, 0.4) is 0 Å². The fourth-order valence-corrected chi connectivity index (χ4v) is 2.28. The van der Waals surface area contributed by atoms with E-state index in [2.05, 4.69) is 5.32 Å². The zero-order chi connectivity index (χ0) is 13.3. The summed E-state index contributed by atoms with van der Waals surface area (Å²) in [6, 6.07) is 8.11. The van der Waals surface area contributed by atoms with Gasteiger partial charge >= 0.3 is 0 Å². The molecular weight excluding hydrogens is 244 g/mol. The average Bonchev–Trinajstić information content (AvgIpc) is 3.10. The van der Waals surface area contributed by atoms with E-state index < -0.39 is 5.41 Å². The van der Waals surface area contributed by atoms with E-state index in [1.165, 1.54) is 5.56 Å². The van der Waals surface area contributed by atoms with Gasteiger partial charge in [0.25, 0.3) is 0 Å². The third-order valence-corrected chi connectivity index (χ3v) is 3.97. The van der Waals surface area contributed by atoms with E-state index in [9.17, 15) is 4.79 Å². The summed E-state index contributed by atoms with van der Waals surface area (Å²) in [5.74, 6) is -0.0388. The maximum absolute atomic E-state index is 12.1. The Labute approximate surface area is 113 Å². The summed E-state index contributed by atoms with van der Waals surface area (Å²) in [6.45, 7) is 4.01. The van der Waals surface area contributed by atoms with Gasteiger partial charge in [-0.05, 0) is 32.3 Å². The van der Waals surface area contributed by atoms with Crippen LogP contribution in [-0.4, -0.2) is 10.9 Å². The van der Waals surface area contributed by atoms with Crippen molar-refractivity contribution < 1.29 is 4.79 Å². The Morgan fingerprint density at radius 3 is 2.39 bits per heavy atom. The second-order valence-corrected chi connectivity index (χ2v) is 5.49. The highest BCUT2D eigenvalue weighted by Crippen LogP contribution is 2.46. The molecule has 3 N–H and O–H groups in total. The van der Waals surface area contributed by atoms with E-state index in [1.807, 2.05) is 38.1 Å². The van der Waals surface area contributed by atoms with E-state index >= 15 is 0 Å². The average molecular weight is 262 g/mol. The molecule has 1 atom stereocenters. The van der Waals surface area contributed by atoms with E-state index in [4.69, 9.17) is 18.0 Å². The van der Waals surface area contributed by atoms with Gasteiger partial charge in [0.1, 0.15) is 0 Å². The number of carbonyl (C=O) groups is 1. The van der Waals surface area contributed by atoms with E-state index in [-0.39, 0.29) is 11.9 Å². The zero-order valence-corrected chi connectivity index (χ0v) is 11.5. The van der Waals surface area contributed by atoms with Gasteiger partial charge in [-0.2, -0.15) is 0 Å². The third kappa shape index (κ3) is 2.38. The van der Waals surface area contributed by atoms with Gasteiger partial charge in [-0.3, -0.25) is 4.79 Å². The molecule has 1 fully saturated rings. The van der Waals surface area contributed by atoms with Crippen LogP contribution in [0.15, 0.2) is 24.3 Å². The minimum Gasteiger partial charge on any atom is -0.392 e. The van der Waals surface area contributed by atoms with Gasteiger partial charge in [-0.1, -0.05) is 42.0 Å². The minimum absolute atomic E-state index is 0.0232. The highest BCUT2D eigenvalue weighted by atomic mass is 32.1. The van der Waals surface area contributed by atoms with Crippen LogP contribution < -0.4 is 11.1 Å². The molecule has 0 heterocycles. The van der Waals surface area contributed by atoms with Crippen LogP contribution in [-0.2, 0) is 4.79 Å². The van der Waals surface area contributed by atoms with Gasteiger partial charge in [-0.15, -0.1) is 0 Å². The van der Waals surface area contributed by atoms with Crippen LogP contribution in [0.5, 0.6) is 0 Å². The number of thiocarbonyl (C=S) groups is 1. The topological polar surface area (TPSA) is 55.1 Å². The van der Waals surface area contributed by atoms with Crippen molar-refractivity contribution in [3.63, 3.8) is 0 Å². The fourth-order valence-electron chi connectivity index (χ4n) is 1.98. The molecule has 1 aliphatic carbocycles. The Bertz CT molecular complexity index is 477. The highest BCUT2D eigenvalue weighted by Gasteiger charge is 2.52. The van der Waals surface area contributed by atoms with Crippen molar-refractivity contribution in [2.75, 3.05) is 0 Å². The van der Waals surface area contributed by atoms with Gasteiger partial charge < -0.3 is 11.1 Å². The molecule has 1 aromatic rings.